The van der Waals surface area contributed by atoms with E-state index in [2.05, 4.69) is 0 Å². The molecule has 1 aliphatic carbocycles. The fraction of sp³-hybridized carbons (Fsp3) is 0.500. The molecule has 1 aromatic carbocycles. The molecule has 1 aliphatic rings. The second kappa shape index (κ2) is 7.78. The molecular formula is C16H21NO4. The Morgan fingerprint density at radius 3 is 2.57 bits per heavy atom. The van der Waals surface area contributed by atoms with Crippen LogP contribution in [0.4, 0.5) is 0 Å². The van der Waals surface area contributed by atoms with E-state index in [0.717, 1.165) is 18.4 Å². The van der Waals surface area contributed by atoms with Gasteiger partial charge in [-0.1, -0.05) is 30.3 Å². The molecule has 1 amide bonds. The van der Waals surface area contributed by atoms with Crippen LogP contribution in [0.25, 0.3) is 0 Å². The van der Waals surface area contributed by atoms with Crippen molar-refractivity contribution in [2.24, 2.45) is 0 Å². The van der Waals surface area contributed by atoms with Crippen molar-refractivity contribution in [2.45, 2.75) is 32.4 Å². The van der Waals surface area contributed by atoms with Crippen LogP contribution in [0.15, 0.2) is 30.3 Å². The van der Waals surface area contributed by atoms with E-state index >= 15 is 0 Å². The molecule has 1 saturated carbocycles. The lowest BCUT2D eigenvalue weighted by Crippen LogP contribution is -2.40. The maximum Gasteiger partial charge on any atom is 0.325 e. The summed E-state index contributed by atoms with van der Waals surface area (Å²) < 4.78 is 10.3. The molecule has 0 aromatic heterocycles. The van der Waals surface area contributed by atoms with Crippen molar-refractivity contribution >= 4 is 11.9 Å². The highest BCUT2D eigenvalue weighted by Crippen LogP contribution is 2.26. The number of carbonyl (C=O) groups is 2. The lowest BCUT2D eigenvalue weighted by Gasteiger charge is -2.21. The predicted octanol–water partition coefficient (Wildman–Crippen LogP) is 1.76. The van der Waals surface area contributed by atoms with E-state index in [9.17, 15) is 9.59 Å². The summed E-state index contributed by atoms with van der Waals surface area (Å²) in [7, 11) is 0. The summed E-state index contributed by atoms with van der Waals surface area (Å²) in [6.07, 6.45) is 1.90. The third-order valence-corrected chi connectivity index (χ3v) is 3.25. The van der Waals surface area contributed by atoms with Gasteiger partial charge in [0.05, 0.1) is 13.2 Å². The minimum Gasteiger partial charge on any atom is -0.465 e. The van der Waals surface area contributed by atoms with E-state index in [1.807, 2.05) is 30.3 Å². The number of carbonyl (C=O) groups excluding carboxylic acids is 2. The van der Waals surface area contributed by atoms with Crippen molar-refractivity contribution in [3.8, 4) is 0 Å². The molecule has 0 heterocycles. The summed E-state index contributed by atoms with van der Waals surface area (Å²) in [6.45, 7) is 2.49. The number of rotatable bonds is 8. The van der Waals surface area contributed by atoms with Gasteiger partial charge in [-0.3, -0.25) is 9.59 Å². The van der Waals surface area contributed by atoms with Gasteiger partial charge in [-0.2, -0.15) is 0 Å². The number of benzene rings is 1. The van der Waals surface area contributed by atoms with Gasteiger partial charge in [-0.15, -0.1) is 0 Å². The topological polar surface area (TPSA) is 55.8 Å². The van der Waals surface area contributed by atoms with Gasteiger partial charge in [0.2, 0.25) is 5.91 Å². The zero-order valence-corrected chi connectivity index (χ0v) is 12.3. The fourth-order valence-corrected chi connectivity index (χ4v) is 2.07. The Bertz CT molecular complexity index is 470. The Morgan fingerprint density at radius 1 is 1.24 bits per heavy atom. The van der Waals surface area contributed by atoms with Crippen molar-refractivity contribution in [3.05, 3.63) is 35.9 Å². The molecule has 0 unspecified atom stereocenters. The summed E-state index contributed by atoms with van der Waals surface area (Å²) in [5.41, 5.74) is 1.02. The quantitative estimate of drug-likeness (QED) is 0.685. The Balaban J connectivity index is 1.77. The molecule has 0 atom stereocenters. The molecule has 114 valence electrons. The zero-order chi connectivity index (χ0) is 15.1. The standard InChI is InChI=1S/C16H21NO4/c1-2-21-16(19)10-17(14-8-9-14)15(18)12-20-11-13-6-4-3-5-7-13/h3-7,14H,2,8-12H2,1H3. The van der Waals surface area contributed by atoms with Crippen LogP contribution in [0.5, 0.6) is 0 Å². The third kappa shape index (κ3) is 5.19. The first-order valence-electron chi connectivity index (χ1n) is 7.27. The van der Waals surface area contributed by atoms with Crippen LogP contribution in [0.3, 0.4) is 0 Å². The van der Waals surface area contributed by atoms with Crippen LogP contribution in [-0.2, 0) is 25.7 Å². The van der Waals surface area contributed by atoms with Crippen molar-refractivity contribution in [3.63, 3.8) is 0 Å². The van der Waals surface area contributed by atoms with Gasteiger partial charge in [0.25, 0.3) is 0 Å². The molecule has 2 rings (SSSR count). The van der Waals surface area contributed by atoms with Crippen LogP contribution in [-0.4, -0.2) is 42.6 Å². The highest BCUT2D eigenvalue weighted by atomic mass is 16.5. The molecule has 0 N–H and O–H groups in total. The first kappa shape index (κ1) is 15.5. The van der Waals surface area contributed by atoms with E-state index in [1.54, 1.807) is 11.8 Å². The maximum absolute atomic E-state index is 12.1. The minimum atomic E-state index is -0.360. The number of hydrogen-bond donors (Lipinski definition) is 0. The first-order valence-corrected chi connectivity index (χ1v) is 7.27. The van der Waals surface area contributed by atoms with Gasteiger partial charge in [0.15, 0.2) is 0 Å². The smallest absolute Gasteiger partial charge is 0.325 e. The molecule has 1 aromatic rings. The molecule has 21 heavy (non-hydrogen) atoms. The number of amides is 1. The molecule has 5 nitrogen and oxygen atoms in total. The van der Waals surface area contributed by atoms with Crippen molar-refractivity contribution < 1.29 is 19.1 Å². The first-order chi connectivity index (χ1) is 10.2. The van der Waals surface area contributed by atoms with Crippen LogP contribution in [0.1, 0.15) is 25.3 Å². The summed E-state index contributed by atoms with van der Waals surface area (Å²) >= 11 is 0. The summed E-state index contributed by atoms with van der Waals surface area (Å²) in [4.78, 5) is 25.2. The van der Waals surface area contributed by atoms with E-state index < -0.39 is 0 Å². The van der Waals surface area contributed by atoms with Gasteiger partial charge in [-0.05, 0) is 25.3 Å². The van der Waals surface area contributed by atoms with E-state index in [1.165, 1.54) is 0 Å². The number of hydrogen-bond acceptors (Lipinski definition) is 4. The van der Waals surface area contributed by atoms with Crippen molar-refractivity contribution in [1.82, 2.24) is 4.90 Å². The Hall–Kier alpha value is -1.88. The molecule has 1 fully saturated rings. The average molecular weight is 291 g/mol. The van der Waals surface area contributed by atoms with Crippen LogP contribution in [0.2, 0.25) is 0 Å². The third-order valence-electron chi connectivity index (χ3n) is 3.25. The van der Waals surface area contributed by atoms with Crippen molar-refractivity contribution in [2.75, 3.05) is 19.8 Å². The van der Waals surface area contributed by atoms with Gasteiger partial charge in [-0.25, -0.2) is 0 Å². The molecule has 0 spiro atoms. The molecular weight excluding hydrogens is 270 g/mol. The van der Waals surface area contributed by atoms with Crippen LogP contribution in [0, 0.1) is 0 Å². The molecule has 0 radical (unpaired) electrons. The largest absolute Gasteiger partial charge is 0.465 e. The van der Waals surface area contributed by atoms with Crippen LogP contribution < -0.4 is 0 Å². The van der Waals surface area contributed by atoms with E-state index in [0.29, 0.717) is 13.2 Å². The van der Waals surface area contributed by atoms with Gasteiger partial charge in [0.1, 0.15) is 13.2 Å². The monoisotopic (exact) mass is 291 g/mol. The summed E-state index contributed by atoms with van der Waals surface area (Å²) in [5, 5.41) is 0. The van der Waals surface area contributed by atoms with Crippen molar-refractivity contribution in [1.29, 1.82) is 0 Å². The van der Waals surface area contributed by atoms with Gasteiger partial charge in [0, 0.05) is 6.04 Å². The minimum absolute atomic E-state index is 0.00913. The highest BCUT2D eigenvalue weighted by Gasteiger charge is 2.34. The second-order valence-electron chi connectivity index (χ2n) is 5.04. The Labute approximate surface area is 124 Å². The summed E-state index contributed by atoms with van der Waals surface area (Å²) in [5.74, 6) is -0.512. The number of nitrogens with zero attached hydrogens (tertiary/aromatic N) is 1. The fourth-order valence-electron chi connectivity index (χ4n) is 2.07. The van der Waals surface area contributed by atoms with Crippen LogP contribution >= 0.6 is 0 Å². The zero-order valence-electron chi connectivity index (χ0n) is 12.3. The Kier molecular flexibility index (Phi) is 5.75. The summed E-state index contributed by atoms with van der Waals surface area (Å²) in [6, 6.07) is 9.85. The lowest BCUT2D eigenvalue weighted by molar-refractivity contribution is -0.151. The molecule has 0 bridgehead atoms. The molecule has 0 saturated heterocycles. The number of esters is 1. The predicted molar refractivity (Wildman–Crippen MR) is 77.5 cm³/mol. The Morgan fingerprint density at radius 2 is 1.95 bits per heavy atom. The van der Waals surface area contributed by atoms with Gasteiger partial charge < -0.3 is 14.4 Å². The maximum atomic E-state index is 12.1. The lowest BCUT2D eigenvalue weighted by atomic mass is 10.2. The molecule has 5 heteroatoms. The van der Waals surface area contributed by atoms with E-state index in [-0.39, 0.29) is 31.1 Å². The number of ether oxygens (including phenoxy) is 2. The second-order valence-corrected chi connectivity index (χ2v) is 5.04. The van der Waals surface area contributed by atoms with E-state index in [4.69, 9.17) is 9.47 Å². The average Bonchev–Trinajstić information content (AvgIpc) is 3.30. The highest BCUT2D eigenvalue weighted by molar-refractivity contribution is 5.83. The molecule has 0 aliphatic heterocycles. The normalized spacial score (nSPS) is 13.8. The van der Waals surface area contributed by atoms with Gasteiger partial charge >= 0.3 is 5.97 Å². The SMILES string of the molecule is CCOC(=O)CN(C(=O)COCc1ccccc1)C1CC1.